The first-order valence-electron chi connectivity index (χ1n) is 7.98. The van der Waals surface area contributed by atoms with E-state index in [0.717, 1.165) is 23.1 Å². The molecule has 3 rings (SSSR count). The number of ether oxygens (including phenoxy) is 2. The molecule has 7 heteroatoms. The number of rotatable bonds is 5. The monoisotopic (exact) mass is 370 g/mol. The molecule has 6 nitrogen and oxygen atoms in total. The Morgan fingerprint density at radius 2 is 2.00 bits per heavy atom. The Labute approximate surface area is 155 Å². The van der Waals surface area contributed by atoms with Gasteiger partial charge in [0.15, 0.2) is 11.5 Å². The quantitative estimate of drug-likeness (QED) is 0.819. The molecule has 1 fully saturated rings. The standard InChI is InChI=1S/C19H18N2O4S/c1-3-25-14-7-5-13(6-8-14)20-18-17(26-19(23)21-18)11-12-4-9-15(22)16(10-12)24-2/h4-11,22H,3H2,1-2H3,(H,20,21,23)/b17-11-. The molecule has 2 aromatic carbocycles. The second kappa shape index (κ2) is 7.97. The summed E-state index contributed by atoms with van der Waals surface area (Å²) in [6, 6.07) is 12.3. The molecule has 0 aliphatic carbocycles. The third-order valence-electron chi connectivity index (χ3n) is 3.55. The Morgan fingerprint density at radius 3 is 2.69 bits per heavy atom. The summed E-state index contributed by atoms with van der Waals surface area (Å²) in [5.74, 6) is 1.68. The summed E-state index contributed by atoms with van der Waals surface area (Å²) in [5.41, 5.74) is 1.50. The zero-order chi connectivity index (χ0) is 18.5. The molecule has 0 spiro atoms. The average Bonchev–Trinajstić information content (AvgIpc) is 2.97. The minimum atomic E-state index is -0.188. The normalized spacial score (nSPS) is 16.8. The second-order valence-corrected chi connectivity index (χ2v) is 6.36. The highest BCUT2D eigenvalue weighted by Gasteiger charge is 2.23. The number of thioether (sulfide) groups is 1. The smallest absolute Gasteiger partial charge is 0.289 e. The lowest BCUT2D eigenvalue weighted by Gasteiger charge is -2.05. The number of aliphatic imine (C=N–C) groups is 1. The summed E-state index contributed by atoms with van der Waals surface area (Å²) < 4.78 is 10.5. The lowest BCUT2D eigenvalue weighted by molar-refractivity contribution is 0.265. The third kappa shape index (κ3) is 4.18. The Hall–Kier alpha value is -2.93. The van der Waals surface area contributed by atoms with Crippen molar-refractivity contribution in [2.24, 2.45) is 4.99 Å². The molecule has 1 heterocycles. The Morgan fingerprint density at radius 1 is 1.23 bits per heavy atom. The van der Waals surface area contributed by atoms with Gasteiger partial charge in [0.1, 0.15) is 11.6 Å². The fourth-order valence-electron chi connectivity index (χ4n) is 2.36. The first kappa shape index (κ1) is 17.9. The number of nitrogens with zero attached hydrogens (tertiary/aromatic N) is 1. The maximum Gasteiger partial charge on any atom is 0.289 e. The summed E-state index contributed by atoms with van der Waals surface area (Å²) in [7, 11) is 1.49. The zero-order valence-corrected chi connectivity index (χ0v) is 15.2. The SMILES string of the molecule is CCOc1ccc(N=C2NC(=O)S/C2=C\c2ccc(O)c(OC)c2)cc1. The first-order valence-corrected chi connectivity index (χ1v) is 8.80. The topological polar surface area (TPSA) is 80.2 Å². The van der Waals surface area contributed by atoms with E-state index >= 15 is 0 Å². The molecule has 134 valence electrons. The van der Waals surface area contributed by atoms with Gasteiger partial charge in [-0.1, -0.05) is 6.07 Å². The minimum Gasteiger partial charge on any atom is -0.504 e. The van der Waals surface area contributed by atoms with Crippen LogP contribution in [0.4, 0.5) is 10.5 Å². The van der Waals surface area contributed by atoms with Crippen LogP contribution in [0, 0.1) is 0 Å². The highest BCUT2D eigenvalue weighted by molar-refractivity contribution is 8.18. The van der Waals surface area contributed by atoms with Crippen molar-refractivity contribution < 1.29 is 19.4 Å². The number of methoxy groups -OCH3 is 1. The van der Waals surface area contributed by atoms with Crippen LogP contribution in [0.1, 0.15) is 12.5 Å². The Bertz CT molecular complexity index is 876. The molecular formula is C19H18N2O4S. The number of phenolic OH excluding ortho intramolecular Hbond substituents is 1. The van der Waals surface area contributed by atoms with Gasteiger partial charge in [0.05, 0.1) is 24.3 Å². The predicted octanol–water partition coefficient (Wildman–Crippen LogP) is 4.33. The molecule has 0 radical (unpaired) electrons. The maximum atomic E-state index is 11.8. The van der Waals surface area contributed by atoms with Crippen LogP contribution in [0.2, 0.25) is 0 Å². The molecule has 1 aliphatic heterocycles. The van der Waals surface area contributed by atoms with Crippen LogP contribution in [0.3, 0.4) is 0 Å². The van der Waals surface area contributed by atoms with Crippen LogP contribution >= 0.6 is 11.8 Å². The fraction of sp³-hybridized carbons (Fsp3) is 0.158. The molecule has 2 N–H and O–H groups in total. The summed E-state index contributed by atoms with van der Waals surface area (Å²) in [6.45, 7) is 2.53. The number of hydrogen-bond acceptors (Lipinski definition) is 6. The molecule has 1 aliphatic rings. The molecule has 26 heavy (non-hydrogen) atoms. The molecule has 0 aromatic heterocycles. The molecule has 1 amide bonds. The number of carbonyl (C=O) groups excluding carboxylic acids is 1. The Balaban J connectivity index is 1.89. The Kier molecular flexibility index (Phi) is 5.48. The van der Waals surface area contributed by atoms with E-state index in [4.69, 9.17) is 9.47 Å². The fourth-order valence-corrected chi connectivity index (χ4v) is 3.10. The van der Waals surface area contributed by atoms with E-state index in [1.165, 1.54) is 7.11 Å². The van der Waals surface area contributed by atoms with E-state index in [0.29, 0.717) is 28.8 Å². The third-order valence-corrected chi connectivity index (χ3v) is 4.37. The van der Waals surface area contributed by atoms with E-state index in [-0.39, 0.29) is 11.0 Å². The van der Waals surface area contributed by atoms with Gasteiger partial charge in [0, 0.05) is 0 Å². The summed E-state index contributed by atoms with van der Waals surface area (Å²) >= 11 is 1.07. The molecule has 0 atom stereocenters. The number of benzene rings is 2. The van der Waals surface area contributed by atoms with Crippen molar-refractivity contribution in [2.75, 3.05) is 13.7 Å². The average molecular weight is 370 g/mol. The van der Waals surface area contributed by atoms with Crippen molar-refractivity contribution in [2.45, 2.75) is 6.92 Å². The number of nitrogens with one attached hydrogen (secondary N) is 1. The van der Waals surface area contributed by atoms with Crippen molar-refractivity contribution in [3.63, 3.8) is 0 Å². The first-order chi connectivity index (χ1) is 12.6. The van der Waals surface area contributed by atoms with Crippen molar-refractivity contribution in [3.05, 3.63) is 52.9 Å². The van der Waals surface area contributed by atoms with Gasteiger partial charge in [-0.05, 0) is 66.7 Å². The van der Waals surface area contributed by atoms with Crippen molar-refractivity contribution in [1.29, 1.82) is 0 Å². The number of carbonyl (C=O) groups is 1. The van der Waals surface area contributed by atoms with Crippen LogP contribution in [0.25, 0.3) is 6.08 Å². The lowest BCUT2D eigenvalue weighted by atomic mass is 10.2. The van der Waals surface area contributed by atoms with E-state index in [1.807, 2.05) is 37.3 Å². The van der Waals surface area contributed by atoms with Crippen LogP contribution in [-0.4, -0.2) is 29.9 Å². The molecule has 0 unspecified atom stereocenters. The molecule has 2 aromatic rings. The van der Waals surface area contributed by atoms with Gasteiger partial charge < -0.3 is 19.9 Å². The number of phenols is 1. The van der Waals surface area contributed by atoms with Crippen LogP contribution in [0.5, 0.6) is 17.2 Å². The number of hydrogen-bond donors (Lipinski definition) is 2. The molecule has 0 bridgehead atoms. The second-order valence-electron chi connectivity index (χ2n) is 5.34. The van der Waals surface area contributed by atoms with E-state index in [9.17, 15) is 9.90 Å². The number of amides is 1. The van der Waals surface area contributed by atoms with Crippen molar-refractivity contribution >= 4 is 34.6 Å². The van der Waals surface area contributed by atoms with Crippen molar-refractivity contribution in [1.82, 2.24) is 5.32 Å². The summed E-state index contributed by atoms with van der Waals surface area (Å²) in [5, 5.41) is 12.3. The van der Waals surface area contributed by atoms with Crippen LogP contribution in [-0.2, 0) is 0 Å². The highest BCUT2D eigenvalue weighted by atomic mass is 32.2. The van der Waals surface area contributed by atoms with Gasteiger partial charge in [0.25, 0.3) is 5.24 Å². The van der Waals surface area contributed by atoms with Crippen LogP contribution in [0.15, 0.2) is 52.4 Å². The minimum absolute atomic E-state index is 0.0613. The molecule has 1 saturated heterocycles. The van der Waals surface area contributed by atoms with E-state index in [2.05, 4.69) is 10.3 Å². The van der Waals surface area contributed by atoms with Gasteiger partial charge in [0.2, 0.25) is 0 Å². The molecule has 0 saturated carbocycles. The summed E-state index contributed by atoms with van der Waals surface area (Å²) in [4.78, 5) is 17.0. The van der Waals surface area contributed by atoms with E-state index < -0.39 is 0 Å². The van der Waals surface area contributed by atoms with Crippen LogP contribution < -0.4 is 14.8 Å². The number of aromatic hydroxyl groups is 1. The maximum absolute atomic E-state index is 11.8. The van der Waals surface area contributed by atoms with Gasteiger partial charge in [-0.25, -0.2) is 4.99 Å². The van der Waals surface area contributed by atoms with Crippen molar-refractivity contribution in [3.8, 4) is 17.2 Å². The largest absolute Gasteiger partial charge is 0.504 e. The van der Waals surface area contributed by atoms with E-state index in [1.54, 1.807) is 18.2 Å². The van der Waals surface area contributed by atoms with Gasteiger partial charge in [-0.2, -0.15) is 0 Å². The van der Waals surface area contributed by atoms with Gasteiger partial charge in [-0.3, -0.25) is 4.79 Å². The van der Waals surface area contributed by atoms with Gasteiger partial charge >= 0.3 is 0 Å². The lowest BCUT2D eigenvalue weighted by Crippen LogP contribution is -2.18. The van der Waals surface area contributed by atoms with Gasteiger partial charge in [-0.15, -0.1) is 0 Å². The number of amidine groups is 1. The highest BCUT2D eigenvalue weighted by Crippen LogP contribution is 2.32. The molecular weight excluding hydrogens is 352 g/mol. The predicted molar refractivity (Wildman–Crippen MR) is 103 cm³/mol. The summed E-state index contributed by atoms with van der Waals surface area (Å²) in [6.07, 6.45) is 1.82. The zero-order valence-electron chi connectivity index (χ0n) is 14.4.